The normalized spacial score (nSPS) is 28.2. The third kappa shape index (κ3) is 6.58. The van der Waals surface area contributed by atoms with Crippen molar-refractivity contribution in [3.8, 4) is 0 Å². The number of carbonyl (C=O) groups excluding carboxylic acids is 1. The number of fused-ring (bicyclic) bond motifs is 1. The minimum atomic E-state index is -0.524. The molecular weight excluding hydrogens is 410 g/mol. The van der Waals surface area contributed by atoms with Gasteiger partial charge in [0.15, 0.2) is 0 Å². The van der Waals surface area contributed by atoms with Gasteiger partial charge < -0.3 is 15.1 Å². The maximum atomic E-state index is 12.3. The van der Waals surface area contributed by atoms with Gasteiger partial charge in [0, 0.05) is 31.8 Å². The summed E-state index contributed by atoms with van der Waals surface area (Å²) in [6.45, 7) is 3.96. The molecule has 4 heteroatoms. The van der Waals surface area contributed by atoms with Crippen LogP contribution in [0.15, 0.2) is 48.1 Å². The zero-order valence-corrected chi connectivity index (χ0v) is 20.2. The molecule has 0 aromatic heterocycles. The summed E-state index contributed by atoms with van der Waals surface area (Å²) in [6.07, 6.45) is 15.4. The van der Waals surface area contributed by atoms with E-state index in [1.54, 1.807) is 0 Å². The van der Waals surface area contributed by atoms with Crippen molar-refractivity contribution in [3.63, 3.8) is 0 Å². The molecule has 0 spiro atoms. The highest BCUT2D eigenvalue weighted by molar-refractivity contribution is 5.76. The lowest BCUT2D eigenvalue weighted by Crippen LogP contribution is -2.35. The first-order valence-electron chi connectivity index (χ1n) is 13.1. The number of aryl methyl sites for hydroxylation is 1. The van der Waals surface area contributed by atoms with Crippen molar-refractivity contribution < 1.29 is 15.0 Å². The number of piperidine rings is 1. The summed E-state index contributed by atoms with van der Waals surface area (Å²) in [7, 11) is 0. The van der Waals surface area contributed by atoms with Gasteiger partial charge in [-0.05, 0) is 75.7 Å². The van der Waals surface area contributed by atoms with Crippen LogP contribution in [0.4, 0.5) is 0 Å². The fourth-order valence-electron chi connectivity index (χ4n) is 6.13. The van der Waals surface area contributed by atoms with Gasteiger partial charge >= 0.3 is 0 Å². The van der Waals surface area contributed by atoms with E-state index < -0.39 is 6.10 Å². The van der Waals surface area contributed by atoms with E-state index in [0.29, 0.717) is 30.6 Å². The van der Waals surface area contributed by atoms with Crippen LogP contribution in [0.2, 0.25) is 0 Å². The largest absolute Gasteiger partial charge is 0.392 e. The highest BCUT2D eigenvalue weighted by Crippen LogP contribution is 2.48. The molecule has 5 atom stereocenters. The van der Waals surface area contributed by atoms with Crippen LogP contribution >= 0.6 is 0 Å². The van der Waals surface area contributed by atoms with Gasteiger partial charge in [-0.25, -0.2) is 0 Å². The van der Waals surface area contributed by atoms with Crippen LogP contribution in [0, 0.1) is 24.7 Å². The molecule has 1 heterocycles. The predicted octanol–water partition coefficient (Wildman–Crippen LogP) is 4.97. The highest BCUT2D eigenvalue weighted by Gasteiger charge is 2.43. The molecular formula is C29H41NO3. The monoisotopic (exact) mass is 451 g/mol. The van der Waals surface area contributed by atoms with Crippen molar-refractivity contribution >= 4 is 5.91 Å². The van der Waals surface area contributed by atoms with E-state index >= 15 is 0 Å². The molecule has 180 valence electrons. The number of aliphatic hydroxyl groups excluding tert-OH is 2. The van der Waals surface area contributed by atoms with Gasteiger partial charge in [-0.15, -0.1) is 0 Å². The van der Waals surface area contributed by atoms with Gasteiger partial charge in [-0.1, -0.05) is 53.6 Å². The van der Waals surface area contributed by atoms with E-state index in [0.717, 1.165) is 63.6 Å². The van der Waals surface area contributed by atoms with Crippen LogP contribution in [0.5, 0.6) is 0 Å². The summed E-state index contributed by atoms with van der Waals surface area (Å²) < 4.78 is 0. The first kappa shape index (κ1) is 24.2. The molecule has 4 nitrogen and oxygen atoms in total. The van der Waals surface area contributed by atoms with E-state index in [2.05, 4.69) is 42.2 Å². The summed E-state index contributed by atoms with van der Waals surface area (Å²) >= 11 is 0. The minimum Gasteiger partial charge on any atom is -0.392 e. The lowest BCUT2D eigenvalue weighted by Gasteiger charge is -2.26. The molecule has 1 aromatic rings. The summed E-state index contributed by atoms with van der Waals surface area (Å²) in [6, 6.07) is 8.27. The van der Waals surface area contributed by atoms with Gasteiger partial charge in [0.05, 0.1) is 12.2 Å². The minimum absolute atomic E-state index is 0.122. The Morgan fingerprint density at radius 1 is 1.21 bits per heavy atom. The quantitative estimate of drug-likeness (QED) is 0.412. The van der Waals surface area contributed by atoms with E-state index in [1.807, 2.05) is 12.1 Å². The van der Waals surface area contributed by atoms with Gasteiger partial charge in [0.25, 0.3) is 0 Å². The Morgan fingerprint density at radius 3 is 2.82 bits per heavy atom. The van der Waals surface area contributed by atoms with E-state index in [-0.39, 0.29) is 12.0 Å². The predicted molar refractivity (Wildman–Crippen MR) is 133 cm³/mol. The summed E-state index contributed by atoms with van der Waals surface area (Å²) in [5.41, 5.74) is 3.85. The van der Waals surface area contributed by atoms with Crippen molar-refractivity contribution in [1.29, 1.82) is 0 Å². The number of allylic oxidation sites excluding steroid dienone is 2. The second kappa shape index (κ2) is 11.5. The Hall–Kier alpha value is -1.91. The Morgan fingerprint density at radius 2 is 2.03 bits per heavy atom. The molecule has 0 unspecified atom stereocenters. The molecule has 0 bridgehead atoms. The standard InChI is InChI=1S/C29H41NO3/c1-21-8-7-10-22(16-21)18-25(31)12-13-26-27-19-23(17-24(27)20-28(26)32)9-3-4-11-29(33)30-14-5-2-6-15-30/h7-8,10,12-13,16-17,24-28,31-32H,2-6,9,11,14-15,18-20H2,1H3/b13-12+/t24-,25-,26+,27-,28+/m0/s1. The lowest BCUT2D eigenvalue weighted by molar-refractivity contribution is -0.132. The number of nitrogens with zero attached hydrogens (tertiary/aromatic N) is 1. The Balaban J connectivity index is 1.21. The van der Waals surface area contributed by atoms with Crippen LogP contribution in [-0.2, 0) is 11.2 Å². The first-order valence-corrected chi connectivity index (χ1v) is 13.1. The number of carbonyl (C=O) groups is 1. The molecule has 33 heavy (non-hydrogen) atoms. The summed E-state index contributed by atoms with van der Waals surface area (Å²) in [4.78, 5) is 14.4. The van der Waals surface area contributed by atoms with Crippen molar-refractivity contribution in [3.05, 3.63) is 59.2 Å². The number of hydrogen-bond donors (Lipinski definition) is 2. The van der Waals surface area contributed by atoms with Crippen LogP contribution in [-0.4, -0.2) is 46.3 Å². The second-order valence-electron chi connectivity index (χ2n) is 10.5. The van der Waals surface area contributed by atoms with Crippen LogP contribution in [0.3, 0.4) is 0 Å². The highest BCUT2D eigenvalue weighted by atomic mass is 16.3. The number of hydrogen-bond acceptors (Lipinski definition) is 3. The third-order valence-electron chi connectivity index (χ3n) is 7.88. The zero-order valence-electron chi connectivity index (χ0n) is 20.2. The molecule has 2 N–H and O–H groups in total. The number of rotatable bonds is 9. The molecule has 1 aliphatic heterocycles. The summed E-state index contributed by atoms with van der Waals surface area (Å²) in [5.74, 6) is 1.36. The van der Waals surface area contributed by atoms with Gasteiger partial charge in [-0.3, -0.25) is 4.79 Å². The van der Waals surface area contributed by atoms with Gasteiger partial charge in [0.2, 0.25) is 5.91 Å². The Labute approximate surface area is 199 Å². The van der Waals surface area contributed by atoms with Gasteiger partial charge in [-0.2, -0.15) is 0 Å². The van der Waals surface area contributed by atoms with Crippen molar-refractivity contribution in [1.82, 2.24) is 4.90 Å². The van der Waals surface area contributed by atoms with Crippen molar-refractivity contribution in [2.45, 2.75) is 83.3 Å². The molecule has 2 fully saturated rings. The fourth-order valence-corrected chi connectivity index (χ4v) is 6.13. The molecule has 3 aliphatic rings. The fraction of sp³-hybridized carbons (Fsp3) is 0.621. The second-order valence-corrected chi connectivity index (χ2v) is 10.5. The number of benzene rings is 1. The third-order valence-corrected chi connectivity index (χ3v) is 7.88. The summed E-state index contributed by atoms with van der Waals surface area (Å²) in [5, 5.41) is 21.1. The van der Waals surface area contributed by atoms with Crippen LogP contribution in [0.25, 0.3) is 0 Å². The Kier molecular flexibility index (Phi) is 8.43. The molecule has 1 amide bonds. The topological polar surface area (TPSA) is 60.8 Å². The van der Waals surface area contributed by atoms with Crippen molar-refractivity contribution in [2.75, 3.05) is 13.1 Å². The first-order chi connectivity index (χ1) is 16.0. The lowest BCUT2D eigenvalue weighted by atomic mass is 9.88. The zero-order chi connectivity index (χ0) is 23.2. The number of aliphatic hydroxyl groups is 2. The molecule has 1 saturated heterocycles. The molecule has 1 saturated carbocycles. The molecule has 1 aromatic carbocycles. The van der Waals surface area contributed by atoms with E-state index in [9.17, 15) is 15.0 Å². The SMILES string of the molecule is Cc1cccc(C[C@@H](O)/C=C/[C@@H]2[C@H]3CC(CCCCC(=O)N4CCCCC4)=C[C@H]3C[C@H]2O)c1. The molecule has 0 radical (unpaired) electrons. The van der Waals surface area contributed by atoms with E-state index in [1.165, 1.54) is 17.6 Å². The average Bonchev–Trinajstić information content (AvgIpc) is 3.32. The number of likely N-dealkylation sites (tertiary alicyclic amines) is 1. The Bertz CT molecular complexity index is 854. The molecule has 4 rings (SSSR count). The molecule has 2 aliphatic carbocycles. The smallest absolute Gasteiger partial charge is 0.222 e. The number of amides is 1. The maximum Gasteiger partial charge on any atom is 0.222 e. The van der Waals surface area contributed by atoms with Crippen LogP contribution < -0.4 is 0 Å². The number of unbranched alkanes of at least 4 members (excludes halogenated alkanes) is 1. The van der Waals surface area contributed by atoms with Gasteiger partial charge in [0.1, 0.15) is 0 Å². The van der Waals surface area contributed by atoms with E-state index in [4.69, 9.17) is 0 Å². The van der Waals surface area contributed by atoms with Crippen LogP contribution in [0.1, 0.15) is 68.9 Å². The maximum absolute atomic E-state index is 12.3. The van der Waals surface area contributed by atoms with Crippen molar-refractivity contribution in [2.24, 2.45) is 17.8 Å². The average molecular weight is 452 g/mol.